The maximum Gasteiger partial charge on any atom is 0.269 e. The zero-order chi connectivity index (χ0) is 17.4. The Morgan fingerprint density at radius 3 is 2.57 bits per heavy atom. The van der Waals surface area contributed by atoms with Gasteiger partial charge in [-0.2, -0.15) is 0 Å². The molecule has 0 aromatic heterocycles. The first-order valence-corrected chi connectivity index (χ1v) is 7.57. The second-order valence-electron chi connectivity index (χ2n) is 5.25. The van der Waals surface area contributed by atoms with Crippen molar-refractivity contribution in [2.45, 2.75) is 26.9 Å². The van der Waals surface area contributed by atoms with Gasteiger partial charge in [-0.15, -0.1) is 0 Å². The molecule has 6 nitrogen and oxygen atoms in total. The molecule has 0 saturated carbocycles. The van der Waals surface area contributed by atoms with Crippen molar-refractivity contribution < 1.29 is 14.3 Å². The fourth-order valence-corrected chi connectivity index (χ4v) is 1.74. The number of hydrazine groups is 1. The van der Waals surface area contributed by atoms with Crippen LogP contribution in [0.25, 0.3) is 0 Å². The molecule has 0 bridgehead atoms. The van der Waals surface area contributed by atoms with Gasteiger partial charge in [-0.25, -0.2) is 0 Å². The lowest BCUT2D eigenvalue weighted by atomic mass is 10.2. The minimum absolute atomic E-state index is 0.0157. The van der Waals surface area contributed by atoms with Crippen LogP contribution in [0.1, 0.15) is 31.1 Å². The van der Waals surface area contributed by atoms with Gasteiger partial charge >= 0.3 is 0 Å². The van der Waals surface area contributed by atoms with Crippen molar-refractivity contribution in [3.05, 3.63) is 35.9 Å². The third kappa shape index (κ3) is 6.56. The van der Waals surface area contributed by atoms with Gasteiger partial charge in [0, 0.05) is 12.1 Å². The number of amides is 1. The van der Waals surface area contributed by atoms with E-state index in [1.807, 2.05) is 20.8 Å². The molecule has 1 aromatic carbocycles. The van der Waals surface area contributed by atoms with Crippen molar-refractivity contribution in [2.24, 2.45) is 0 Å². The van der Waals surface area contributed by atoms with Crippen LogP contribution in [0.5, 0.6) is 11.5 Å². The van der Waals surface area contributed by atoms with Crippen molar-refractivity contribution in [1.82, 2.24) is 16.2 Å². The number of benzene rings is 1. The summed E-state index contributed by atoms with van der Waals surface area (Å²) in [5.74, 6) is 0.749. The first-order valence-electron chi connectivity index (χ1n) is 7.16. The van der Waals surface area contributed by atoms with Gasteiger partial charge in [0.05, 0.1) is 13.2 Å². The molecule has 0 radical (unpaired) electrons. The number of ether oxygens (including phenoxy) is 2. The topological polar surface area (TPSA) is 71.6 Å². The average molecular weight is 337 g/mol. The molecular weight excluding hydrogens is 314 g/mol. The molecule has 1 aromatic rings. The van der Waals surface area contributed by atoms with Gasteiger partial charge in [0.15, 0.2) is 16.6 Å². The lowest BCUT2D eigenvalue weighted by molar-refractivity contribution is 0.0943. The normalized spacial score (nSPS) is 9.96. The number of hydrogen-bond acceptors (Lipinski definition) is 4. The average Bonchev–Trinajstić information content (AvgIpc) is 2.50. The maximum atomic E-state index is 12.1. The van der Waals surface area contributed by atoms with E-state index in [1.54, 1.807) is 18.2 Å². The van der Waals surface area contributed by atoms with E-state index in [2.05, 4.69) is 22.7 Å². The molecule has 0 aliphatic rings. The zero-order valence-electron chi connectivity index (χ0n) is 13.9. The summed E-state index contributed by atoms with van der Waals surface area (Å²) in [6.45, 7) is 10.0. The number of carbonyl (C=O) groups excluding carboxylic acids is 1. The van der Waals surface area contributed by atoms with Crippen molar-refractivity contribution in [1.29, 1.82) is 0 Å². The quantitative estimate of drug-likeness (QED) is 0.420. The monoisotopic (exact) mass is 337 g/mol. The van der Waals surface area contributed by atoms with Gasteiger partial charge in [-0.05, 0) is 51.2 Å². The lowest BCUT2D eigenvalue weighted by Gasteiger charge is -2.15. The van der Waals surface area contributed by atoms with Crippen molar-refractivity contribution in [3.63, 3.8) is 0 Å². The van der Waals surface area contributed by atoms with Gasteiger partial charge in [-0.1, -0.05) is 12.2 Å². The Balaban J connectivity index is 2.66. The first-order chi connectivity index (χ1) is 10.8. The Kier molecular flexibility index (Phi) is 7.34. The van der Waals surface area contributed by atoms with Crippen LogP contribution in [-0.2, 0) is 0 Å². The molecule has 0 unspecified atom stereocenters. The Labute approximate surface area is 142 Å². The van der Waals surface area contributed by atoms with Crippen LogP contribution in [0.2, 0.25) is 0 Å². The molecule has 0 aliphatic heterocycles. The fraction of sp³-hybridized carbons (Fsp3) is 0.375. The minimum atomic E-state index is -0.334. The predicted molar refractivity (Wildman–Crippen MR) is 94.8 cm³/mol. The smallest absolute Gasteiger partial charge is 0.269 e. The van der Waals surface area contributed by atoms with Crippen LogP contribution in [-0.4, -0.2) is 30.8 Å². The summed E-state index contributed by atoms with van der Waals surface area (Å²) in [6, 6.07) is 4.96. The number of rotatable bonds is 6. The van der Waals surface area contributed by atoms with Crippen molar-refractivity contribution >= 4 is 23.2 Å². The summed E-state index contributed by atoms with van der Waals surface area (Å²) >= 11 is 5.03. The zero-order valence-corrected chi connectivity index (χ0v) is 14.7. The standard InChI is InChI=1S/C16H23N3O3S/c1-10(2)9-17-16(23)19-18-15(20)12-6-7-13(22-11(3)4)14(8-12)21-5/h6-8,11H,1,9H2,2-5H3,(H,18,20)(H2,17,19,23). The van der Waals surface area contributed by atoms with Gasteiger partial charge < -0.3 is 14.8 Å². The second kappa shape index (κ2) is 8.99. The Morgan fingerprint density at radius 2 is 2.00 bits per heavy atom. The van der Waals surface area contributed by atoms with Crippen molar-refractivity contribution in [2.75, 3.05) is 13.7 Å². The van der Waals surface area contributed by atoms with Gasteiger partial charge in [0.25, 0.3) is 5.91 Å². The van der Waals surface area contributed by atoms with E-state index in [-0.39, 0.29) is 12.0 Å². The highest BCUT2D eigenvalue weighted by atomic mass is 32.1. The molecule has 0 saturated heterocycles. The Bertz CT molecular complexity index is 588. The number of methoxy groups -OCH3 is 1. The number of nitrogens with one attached hydrogen (secondary N) is 3. The van der Waals surface area contributed by atoms with Gasteiger partial charge in [0.1, 0.15) is 0 Å². The van der Waals surface area contributed by atoms with Gasteiger partial charge in [0.2, 0.25) is 0 Å². The maximum absolute atomic E-state index is 12.1. The van der Waals surface area contributed by atoms with E-state index in [9.17, 15) is 4.79 Å². The molecule has 1 amide bonds. The third-order valence-electron chi connectivity index (χ3n) is 2.63. The summed E-state index contributed by atoms with van der Waals surface area (Å²) in [7, 11) is 1.53. The molecular formula is C16H23N3O3S. The Hall–Kier alpha value is -2.28. The minimum Gasteiger partial charge on any atom is -0.493 e. The molecule has 0 fully saturated rings. The van der Waals surface area contributed by atoms with Crippen LogP contribution < -0.4 is 25.6 Å². The molecule has 0 aliphatic carbocycles. The fourth-order valence-electron chi connectivity index (χ4n) is 1.62. The summed E-state index contributed by atoms with van der Waals surface area (Å²) in [5.41, 5.74) is 6.50. The first kappa shape index (κ1) is 18.8. The molecule has 3 N–H and O–H groups in total. The van der Waals surface area contributed by atoms with Crippen LogP contribution in [0.4, 0.5) is 0 Å². The SMILES string of the molecule is C=C(C)CNC(=S)NNC(=O)c1ccc(OC(C)C)c(OC)c1. The van der Waals surface area contributed by atoms with Crippen LogP contribution in [0, 0.1) is 0 Å². The van der Waals surface area contributed by atoms with E-state index in [0.29, 0.717) is 28.7 Å². The number of hydrogen-bond donors (Lipinski definition) is 3. The van der Waals surface area contributed by atoms with Crippen LogP contribution in [0.3, 0.4) is 0 Å². The number of carbonyl (C=O) groups is 1. The highest BCUT2D eigenvalue weighted by Gasteiger charge is 2.12. The third-order valence-corrected chi connectivity index (χ3v) is 2.88. The molecule has 0 spiro atoms. The molecule has 23 heavy (non-hydrogen) atoms. The molecule has 7 heteroatoms. The van der Waals surface area contributed by atoms with Crippen molar-refractivity contribution in [3.8, 4) is 11.5 Å². The van der Waals surface area contributed by atoms with E-state index >= 15 is 0 Å². The lowest BCUT2D eigenvalue weighted by Crippen LogP contribution is -2.47. The summed E-state index contributed by atoms with van der Waals surface area (Å²) in [6.07, 6.45) is 0.0157. The molecule has 0 atom stereocenters. The predicted octanol–water partition coefficient (Wildman–Crippen LogP) is 2.17. The molecule has 1 rings (SSSR count). The highest BCUT2D eigenvalue weighted by molar-refractivity contribution is 7.80. The van der Waals surface area contributed by atoms with Crippen LogP contribution >= 0.6 is 12.2 Å². The Morgan fingerprint density at radius 1 is 1.30 bits per heavy atom. The van der Waals surface area contributed by atoms with E-state index < -0.39 is 0 Å². The van der Waals surface area contributed by atoms with Gasteiger partial charge in [-0.3, -0.25) is 15.6 Å². The van der Waals surface area contributed by atoms with E-state index in [4.69, 9.17) is 21.7 Å². The number of thiocarbonyl (C=S) groups is 1. The molecule has 0 heterocycles. The molecule has 126 valence electrons. The summed E-state index contributed by atoms with van der Waals surface area (Å²) < 4.78 is 10.9. The second-order valence-corrected chi connectivity index (χ2v) is 5.66. The van der Waals surface area contributed by atoms with Crippen LogP contribution in [0.15, 0.2) is 30.4 Å². The summed E-state index contributed by atoms with van der Waals surface area (Å²) in [4.78, 5) is 12.1. The summed E-state index contributed by atoms with van der Waals surface area (Å²) in [5, 5.41) is 3.22. The largest absolute Gasteiger partial charge is 0.493 e. The van der Waals surface area contributed by atoms with E-state index in [0.717, 1.165) is 5.57 Å². The highest BCUT2D eigenvalue weighted by Crippen LogP contribution is 2.28. The van der Waals surface area contributed by atoms with E-state index in [1.165, 1.54) is 7.11 Å².